The summed E-state index contributed by atoms with van der Waals surface area (Å²) in [5, 5.41) is 10.8. The summed E-state index contributed by atoms with van der Waals surface area (Å²) in [4.78, 5) is 18.2. The van der Waals surface area contributed by atoms with E-state index >= 15 is 0 Å². The lowest BCUT2D eigenvalue weighted by molar-refractivity contribution is -0.131. The summed E-state index contributed by atoms with van der Waals surface area (Å²) >= 11 is 1.37. The largest absolute Gasteiger partial charge is 0.340 e. The van der Waals surface area contributed by atoms with Crippen LogP contribution in [0.5, 0.6) is 0 Å². The van der Waals surface area contributed by atoms with E-state index in [0.29, 0.717) is 36.6 Å². The van der Waals surface area contributed by atoms with Gasteiger partial charge in [0.05, 0.1) is 17.1 Å². The Morgan fingerprint density at radius 2 is 2.12 bits per heavy atom. The molecule has 1 amide bonds. The third-order valence-electron chi connectivity index (χ3n) is 3.80. The van der Waals surface area contributed by atoms with Crippen LogP contribution in [0, 0.1) is 0 Å². The number of nitrogens with one attached hydrogen (secondary N) is 1. The van der Waals surface area contributed by atoms with Gasteiger partial charge in [0.15, 0.2) is 0 Å². The average Bonchev–Trinajstić information content (AvgIpc) is 3.02. The van der Waals surface area contributed by atoms with Crippen LogP contribution in [0.1, 0.15) is 5.69 Å². The van der Waals surface area contributed by atoms with Crippen molar-refractivity contribution in [1.29, 1.82) is 0 Å². The Morgan fingerprint density at radius 1 is 1.33 bits per heavy atom. The Balaban J connectivity index is 1.76. The van der Waals surface area contributed by atoms with Crippen molar-refractivity contribution in [3.05, 3.63) is 35.3 Å². The van der Waals surface area contributed by atoms with Gasteiger partial charge in [-0.25, -0.2) is 18.5 Å². The van der Waals surface area contributed by atoms with Gasteiger partial charge in [0.1, 0.15) is 5.01 Å². The SMILES string of the molecule is NS(=O)(=O)c1ccccc1-c1nc(CCN2CCNCC2=O)cs1. The number of hydrogen-bond donors (Lipinski definition) is 2. The third kappa shape index (κ3) is 3.81. The molecule has 1 aliphatic heterocycles. The van der Waals surface area contributed by atoms with Crippen molar-refractivity contribution in [2.45, 2.75) is 11.3 Å². The minimum absolute atomic E-state index is 0.0724. The summed E-state index contributed by atoms with van der Waals surface area (Å²) in [5.74, 6) is 0.0938. The molecule has 0 unspecified atom stereocenters. The zero-order valence-electron chi connectivity index (χ0n) is 12.9. The maximum absolute atomic E-state index is 11.8. The van der Waals surface area contributed by atoms with Gasteiger partial charge in [0.2, 0.25) is 15.9 Å². The predicted molar refractivity (Wildman–Crippen MR) is 92.1 cm³/mol. The highest BCUT2D eigenvalue weighted by Gasteiger charge is 2.19. The maximum Gasteiger partial charge on any atom is 0.238 e. The Labute approximate surface area is 144 Å². The number of nitrogens with zero attached hydrogens (tertiary/aromatic N) is 2. The van der Waals surface area contributed by atoms with Gasteiger partial charge in [-0.15, -0.1) is 11.3 Å². The Hall–Kier alpha value is -1.81. The number of rotatable bonds is 5. The molecule has 24 heavy (non-hydrogen) atoms. The highest BCUT2D eigenvalue weighted by molar-refractivity contribution is 7.89. The quantitative estimate of drug-likeness (QED) is 0.798. The number of hydrogen-bond acceptors (Lipinski definition) is 6. The monoisotopic (exact) mass is 366 g/mol. The molecule has 9 heteroatoms. The van der Waals surface area contributed by atoms with Crippen molar-refractivity contribution in [3.8, 4) is 10.6 Å². The molecule has 0 saturated carbocycles. The highest BCUT2D eigenvalue weighted by Crippen LogP contribution is 2.29. The molecular weight excluding hydrogens is 348 g/mol. The van der Waals surface area contributed by atoms with E-state index in [-0.39, 0.29) is 10.8 Å². The molecule has 1 saturated heterocycles. The first-order chi connectivity index (χ1) is 11.4. The predicted octanol–water partition coefficient (Wildman–Crippen LogP) is 0.432. The lowest BCUT2D eigenvalue weighted by Gasteiger charge is -2.26. The summed E-state index contributed by atoms with van der Waals surface area (Å²) in [6.45, 7) is 2.49. The number of amides is 1. The summed E-state index contributed by atoms with van der Waals surface area (Å²) < 4.78 is 23.4. The molecule has 1 aromatic carbocycles. The van der Waals surface area contributed by atoms with Crippen LogP contribution >= 0.6 is 11.3 Å². The van der Waals surface area contributed by atoms with Crippen LogP contribution in [0.3, 0.4) is 0 Å². The highest BCUT2D eigenvalue weighted by atomic mass is 32.2. The molecule has 1 fully saturated rings. The number of aromatic nitrogens is 1. The number of carbonyl (C=O) groups excluding carboxylic acids is 1. The van der Waals surface area contributed by atoms with Crippen molar-refractivity contribution in [2.75, 3.05) is 26.2 Å². The van der Waals surface area contributed by atoms with Gasteiger partial charge in [0.25, 0.3) is 0 Å². The number of piperazine rings is 1. The number of nitrogens with two attached hydrogens (primary N) is 1. The standard InChI is InChI=1S/C15H18N4O3S2/c16-24(21,22)13-4-2-1-3-12(13)15-18-11(10-23-15)5-7-19-8-6-17-9-14(19)20/h1-4,10,17H,5-9H2,(H2,16,21,22). The van der Waals surface area contributed by atoms with Gasteiger partial charge in [-0.05, 0) is 6.07 Å². The van der Waals surface area contributed by atoms with Gasteiger partial charge >= 0.3 is 0 Å². The topological polar surface area (TPSA) is 105 Å². The van der Waals surface area contributed by atoms with E-state index in [0.717, 1.165) is 12.2 Å². The maximum atomic E-state index is 11.8. The fourth-order valence-electron chi connectivity index (χ4n) is 2.57. The van der Waals surface area contributed by atoms with Crippen LogP contribution in [0.15, 0.2) is 34.5 Å². The van der Waals surface area contributed by atoms with Crippen molar-refractivity contribution >= 4 is 27.3 Å². The van der Waals surface area contributed by atoms with Gasteiger partial charge in [-0.1, -0.05) is 18.2 Å². The molecule has 3 N–H and O–H groups in total. The second-order valence-corrected chi connectivity index (χ2v) is 7.88. The molecule has 0 aliphatic carbocycles. The molecule has 128 valence electrons. The van der Waals surface area contributed by atoms with Crippen molar-refractivity contribution in [2.24, 2.45) is 5.14 Å². The van der Waals surface area contributed by atoms with E-state index in [1.165, 1.54) is 17.4 Å². The van der Waals surface area contributed by atoms with E-state index < -0.39 is 10.0 Å². The van der Waals surface area contributed by atoms with Crippen LogP contribution < -0.4 is 10.5 Å². The van der Waals surface area contributed by atoms with Crippen LogP contribution in [0.4, 0.5) is 0 Å². The lowest BCUT2D eigenvalue weighted by Crippen LogP contribution is -2.48. The first kappa shape index (κ1) is 17.0. The summed E-state index contributed by atoms with van der Waals surface area (Å²) in [5.41, 5.74) is 1.35. The van der Waals surface area contributed by atoms with E-state index in [4.69, 9.17) is 5.14 Å². The molecule has 0 bridgehead atoms. The third-order valence-corrected chi connectivity index (χ3v) is 5.69. The van der Waals surface area contributed by atoms with Crippen LogP contribution in [0.25, 0.3) is 10.6 Å². The van der Waals surface area contributed by atoms with E-state index in [9.17, 15) is 13.2 Å². The first-order valence-electron chi connectivity index (χ1n) is 7.50. The Bertz CT molecular complexity index is 848. The fraction of sp³-hybridized carbons (Fsp3) is 0.333. The zero-order chi connectivity index (χ0) is 17.2. The molecule has 0 radical (unpaired) electrons. The second kappa shape index (κ2) is 6.98. The van der Waals surface area contributed by atoms with Gasteiger partial charge in [-0.2, -0.15) is 0 Å². The number of primary sulfonamides is 1. The van der Waals surface area contributed by atoms with Crippen molar-refractivity contribution in [3.63, 3.8) is 0 Å². The number of thiazole rings is 1. The van der Waals surface area contributed by atoms with E-state index in [1.54, 1.807) is 18.2 Å². The molecule has 2 heterocycles. The smallest absolute Gasteiger partial charge is 0.238 e. The van der Waals surface area contributed by atoms with Gasteiger partial charge in [0, 0.05) is 37.0 Å². The molecule has 1 aliphatic rings. The first-order valence-corrected chi connectivity index (χ1v) is 9.93. The minimum Gasteiger partial charge on any atom is -0.340 e. The number of carbonyl (C=O) groups is 1. The van der Waals surface area contributed by atoms with Crippen LogP contribution in [-0.4, -0.2) is 50.4 Å². The lowest BCUT2D eigenvalue weighted by atomic mass is 10.2. The molecule has 7 nitrogen and oxygen atoms in total. The van der Waals surface area contributed by atoms with E-state index in [2.05, 4.69) is 10.3 Å². The summed E-state index contributed by atoms with van der Waals surface area (Å²) in [6, 6.07) is 6.56. The molecular formula is C15H18N4O3S2. The average molecular weight is 366 g/mol. The van der Waals surface area contributed by atoms with Crippen molar-refractivity contribution < 1.29 is 13.2 Å². The van der Waals surface area contributed by atoms with Gasteiger partial charge in [-0.3, -0.25) is 4.79 Å². The Kier molecular flexibility index (Phi) is 4.95. The van der Waals surface area contributed by atoms with Crippen LogP contribution in [0.2, 0.25) is 0 Å². The molecule has 0 atom stereocenters. The molecule has 0 spiro atoms. The Morgan fingerprint density at radius 3 is 2.88 bits per heavy atom. The summed E-state index contributed by atoms with van der Waals surface area (Å²) in [7, 11) is -3.80. The summed E-state index contributed by atoms with van der Waals surface area (Å²) in [6.07, 6.45) is 0.639. The normalized spacial score (nSPS) is 15.7. The fourth-order valence-corrected chi connectivity index (χ4v) is 4.27. The minimum atomic E-state index is -3.80. The second-order valence-electron chi connectivity index (χ2n) is 5.49. The van der Waals surface area contributed by atoms with Crippen LogP contribution in [-0.2, 0) is 21.2 Å². The van der Waals surface area contributed by atoms with Gasteiger partial charge < -0.3 is 10.2 Å². The number of sulfonamides is 1. The molecule has 3 rings (SSSR count). The zero-order valence-corrected chi connectivity index (χ0v) is 14.6. The molecule has 1 aromatic heterocycles. The molecule has 2 aromatic rings. The number of benzene rings is 1. The van der Waals surface area contributed by atoms with Crippen molar-refractivity contribution in [1.82, 2.24) is 15.2 Å². The van der Waals surface area contributed by atoms with E-state index in [1.807, 2.05) is 10.3 Å².